The van der Waals surface area contributed by atoms with E-state index in [1.807, 2.05) is 19.1 Å². The lowest BCUT2D eigenvalue weighted by atomic mass is 9.84. The Kier molecular flexibility index (Phi) is 3.71. The van der Waals surface area contributed by atoms with Crippen LogP contribution in [0.25, 0.3) is 0 Å². The van der Waals surface area contributed by atoms with Crippen molar-refractivity contribution in [3.8, 4) is 0 Å². The fraction of sp³-hybridized carbons (Fsp3) is 0.533. The number of aryl methyl sites for hydroxylation is 1. The van der Waals surface area contributed by atoms with Gasteiger partial charge in [-0.25, -0.2) is 0 Å². The van der Waals surface area contributed by atoms with Crippen molar-refractivity contribution in [2.75, 3.05) is 0 Å². The van der Waals surface area contributed by atoms with Crippen molar-refractivity contribution in [3.63, 3.8) is 0 Å². The van der Waals surface area contributed by atoms with Gasteiger partial charge in [0.1, 0.15) is 0 Å². The van der Waals surface area contributed by atoms with Gasteiger partial charge >= 0.3 is 0 Å². The van der Waals surface area contributed by atoms with Crippen LogP contribution in [0.3, 0.4) is 0 Å². The molecule has 1 aromatic carbocycles. The highest BCUT2D eigenvalue weighted by atomic mass is 16.2. The normalized spacial score (nSPS) is 27.2. The van der Waals surface area contributed by atoms with Crippen molar-refractivity contribution in [1.29, 1.82) is 0 Å². The Morgan fingerprint density at radius 1 is 1.56 bits per heavy atom. The number of rotatable bonds is 3. The minimum Gasteiger partial charge on any atom is -0.352 e. The first-order chi connectivity index (χ1) is 8.52. The van der Waals surface area contributed by atoms with Gasteiger partial charge in [0, 0.05) is 12.6 Å². The van der Waals surface area contributed by atoms with E-state index in [0.29, 0.717) is 6.54 Å². The lowest BCUT2D eigenvalue weighted by molar-refractivity contribution is -0.130. The summed E-state index contributed by atoms with van der Waals surface area (Å²) in [4.78, 5) is 12.2. The van der Waals surface area contributed by atoms with Crippen molar-refractivity contribution >= 4 is 5.91 Å². The topological polar surface area (TPSA) is 55.1 Å². The van der Waals surface area contributed by atoms with Crippen LogP contribution in [0.4, 0.5) is 0 Å². The predicted octanol–water partition coefficient (Wildman–Crippen LogP) is 2.13. The summed E-state index contributed by atoms with van der Waals surface area (Å²) in [7, 11) is 0. The number of nitrogens with two attached hydrogens (primary N) is 1. The first-order valence-electron chi connectivity index (χ1n) is 6.62. The molecule has 1 aliphatic rings. The molecule has 1 saturated carbocycles. The summed E-state index contributed by atoms with van der Waals surface area (Å²) in [5, 5.41) is 3.02. The van der Waals surface area contributed by atoms with Crippen LogP contribution in [-0.4, -0.2) is 11.9 Å². The molecule has 2 unspecified atom stereocenters. The van der Waals surface area contributed by atoms with Crippen molar-refractivity contribution in [2.45, 2.75) is 45.7 Å². The third-order valence-electron chi connectivity index (χ3n) is 4.08. The molecule has 0 aliphatic heterocycles. The zero-order chi connectivity index (χ0) is 13.2. The molecular formula is C15H22N2O. The largest absolute Gasteiger partial charge is 0.352 e. The zero-order valence-electron chi connectivity index (χ0n) is 11.2. The van der Waals surface area contributed by atoms with Gasteiger partial charge in [-0.1, -0.05) is 36.2 Å². The molecule has 0 spiro atoms. The van der Waals surface area contributed by atoms with Crippen LogP contribution >= 0.6 is 0 Å². The summed E-state index contributed by atoms with van der Waals surface area (Å²) in [5.41, 5.74) is 8.01. The molecule has 2 atom stereocenters. The van der Waals surface area contributed by atoms with Crippen molar-refractivity contribution in [2.24, 2.45) is 11.1 Å². The van der Waals surface area contributed by atoms with E-state index in [1.54, 1.807) is 0 Å². The standard InChI is InChI=1S/C15H22N2O/c1-11-5-3-6-12(9-11)10-17-14(18)15(2)8-4-7-13(15)16/h3,5-6,9,13H,4,7-8,10,16H2,1-2H3,(H,17,18). The highest BCUT2D eigenvalue weighted by Gasteiger charge is 2.42. The number of benzene rings is 1. The SMILES string of the molecule is Cc1cccc(CNC(=O)C2(C)CCCC2N)c1. The average molecular weight is 246 g/mol. The smallest absolute Gasteiger partial charge is 0.227 e. The number of nitrogens with one attached hydrogen (secondary N) is 1. The maximum absolute atomic E-state index is 12.2. The fourth-order valence-electron chi connectivity index (χ4n) is 2.68. The fourth-order valence-corrected chi connectivity index (χ4v) is 2.68. The Morgan fingerprint density at radius 3 is 2.94 bits per heavy atom. The lowest BCUT2D eigenvalue weighted by Crippen LogP contribution is -2.47. The van der Waals surface area contributed by atoms with E-state index < -0.39 is 0 Å². The van der Waals surface area contributed by atoms with E-state index in [2.05, 4.69) is 24.4 Å². The third kappa shape index (κ3) is 2.56. The summed E-state index contributed by atoms with van der Waals surface area (Å²) in [6, 6.07) is 8.19. The third-order valence-corrected chi connectivity index (χ3v) is 4.08. The number of carbonyl (C=O) groups excluding carboxylic acids is 1. The highest BCUT2D eigenvalue weighted by Crippen LogP contribution is 2.36. The van der Waals surface area contributed by atoms with E-state index in [-0.39, 0.29) is 17.4 Å². The number of hydrogen-bond donors (Lipinski definition) is 2. The molecule has 18 heavy (non-hydrogen) atoms. The Labute approximate surface area is 109 Å². The summed E-state index contributed by atoms with van der Waals surface area (Å²) in [6.07, 6.45) is 2.90. The van der Waals surface area contributed by atoms with E-state index in [0.717, 1.165) is 24.8 Å². The molecule has 0 heterocycles. The molecular weight excluding hydrogens is 224 g/mol. The number of amides is 1. The Bertz CT molecular complexity index is 444. The van der Waals surface area contributed by atoms with Crippen molar-refractivity contribution in [1.82, 2.24) is 5.32 Å². The minimum atomic E-state index is -0.385. The molecule has 3 nitrogen and oxygen atoms in total. The second kappa shape index (κ2) is 5.11. The van der Waals surface area contributed by atoms with Crippen LogP contribution in [0, 0.1) is 12.3 Å². The highest BCUT2D eigenvalue weighted by molar-refractivity contribution is 5.83. The molecule has 3 heteroatoms. The molecule has 98 valence electrons. The summed E-state index contributed by atoms with van der Waals surface area (Å²) in [6.45, 7) is 4.62. The maximum atomic E-state index is 12.2. The molecule has 0 saturated heterocycles. The number of hydrogen-bond acceptors (Lipinski definition) is 2. The Morgan fingerprint density at radius 2 is 2.33 bits per heavy atom. The van der Waals surface area contributed by atoms with Crippen molar-refractivity contribution in [3.05, 3.63) is 35.4 Å². The van der Waals surface area contributed by atoms with Gasteiger partial charge in [0.25, 0.3) is 0 Å². The van der Waals surface area contributed by atoms with Gasteiger partial charge in [-0.05, 0) is 32.3 Å². The molecule has 3 N–H and O–H groups in total. The van der Waals surface area contributed by atoms with E-state index >= 15 is 0 Å². The van der Waals surface area contributed by atoms with E-state index in [9.17, 15) is 4.79 Å². The maximum Gasteiger partial charge on any atom is 0.227 e. The average Bonchev–Trinajstić information content (AvgIpc) is 2.68. The van der Waals surface area contributed by atoms with Gasteiger partial charge in [0.15, 0.2) is 0 Å². The van der Waals surface area contributed by atoms with Gasteiger partial charge in [-0.2, -0.15) is 0 Å². The Balaban J connectivity index is 1.96. The van der Waals surface area contributed by atoms with Gasteiger partial charge < -0.3 is 11.1 Å². The van der Waals surface area contributed by atoms with Gasteiger partial charge in [0.2, 0.25) is 5.91 Å². The first-order valence-corrected chi connectivity index (χ1v) is 6.62. The van der Waals surface area contributed by atoms with Crippen LogP contribution < -0.4 is 11.1 Å². The molecule has 0 radical (unpaired) electrons. The van der Waals surface area contributed by atoms with Crippen LogP contribution in [0.1, 0.15) is 37.3 Å². The minimum absolute atomic E-state index is 0.00462. The number of carbonyl (C=O) groups is 1. The lowest BCUT2D eigenvalue weighted by Gasteiger charge is -2.27. The Hall–Kier alpha value is -1.35. The van der Waals surface area contributed by atoms with Crippen LogP contribution in [0.2, 0.25) is 0 Å². The second-order valence-electron chi connectivity index (χ2n) is 5.59. The van der Waals surface area contributed by atoms with Crippen LogP contribution in [0.5, 0.6) is 0 Å². The zero-order valence-corrected chi connectivity index (χ0v) is 11.2. The van der Waals surface area contributed by atoms with Gasteiger partial charge in [-0.15, -0.1) is 0 Å². The molecule has 1 aliphatic carbocycles. The van der Waals surface area contributed by atoms with E-state index in [4.69, 9.17) is 5.73 Å². The summed E-state index contributed by atoms with van der Waals surface area (Å²) >= 11 is 0. The summed E-state index contributed by atoms with van der Waals surface area (Å²) < 4.78 is 0. The molecule has 1 fully saturated rings. The molecule has 0 bridgehead atoms. The summed E-state index contributed by atoms with van der Waals surface area (Å²) in [5.74, 6) is 0.0917. The van der Waals surface area contributed by atoms with Gasteiger partial charge in [-0.3, -0.25) is 4.79 Å². The first kappa shape index (κ1) is 13.1. The van der Waals surface area contributed by atoms with Crippen molar-refractivity contribution < 1.29 is 4.79 Å². The second-order valence-corrected chi connectivity index (χ2v) is 5.59. The van der Waals surface area contributed by atoms with Crippen LogP contribution in [0.15, 0.2) is 24.3 Å². The van der Waals surface area contributed by atoms with Crippen LogP contribution in [-0.2, 0) is 11.3 Å². The van der Waals surface area contributed by atoms with Gasteiger partial charge in [0.05, 0.1) is 5.41 Å². The van der Waals surface area contributed by atoms with E-state index in [1.165, 1.54) is 5.56 Å². The predicted molar refractivity (Wildman–Crippen MR) is 73.0 cm³/mol. The molecule has 1 amide bonds. The monoisotopic (exact) mass is 246 g/mol. The molecule has 1 aromatic rings. The molecule has 0 aromatic heterocycles. The molecule has 2 rings (SSSR count). The quantitative estimate of drug-likeness (QED) is 0.858.